The van der Waals surface area contributed by atoms with Crippen LogP contribution in [0.5, 0.6) is 11.5 Å². The minimum Gasteiger partial charge on any atom is -0.492 e. The summed E-state index contributed by atoms with van der Waals surface area (Å²) in [5, 5.41) is 17.3. The number of hydrogen-bond donors (Lipinski definition) is 2. The number of aromatic nitrogens is 2. The molecule has 2 aliphatic rings. The van der Waals surface area contributed by atoms with Crippen LogP contribution in [-0.2, 0) is 16.1 Å². The lowest BCUT2D eigenvalue weighted by molar-refractivity contribution is -0.111. The van der Waals surface area contributed by atoms with Crippen molar-refractivity contribution >= 4 is 45.5 Å². The van der Waals surface area contributed by atoms with Gasteiger partial charge in [-0.3, -0.25) is 19.7 Å². The first-order chi connectivity index (χ1) is 22.9. The molecule has 1 unspecified atom stereocenters. The number of rotatable bonds is 12. The van der Waals surface area contributed by atoms with Gasteiger partial charge in [0.1, 0.15) is 24.2 Å². The van der Waals surface area contributed by atoms with Crippen LogP contribution in [0.4, 0.5) is 17.1 Å². The fraction of sp³-hybridized carbons (Fsp3) is 0.333. The smallest absolute Gasteiger partial charge is 0.248 e. The summed E-state index contributed by atoms with van der Waals surface area (Å²) in [6.07, 6.45) is 9.29. The summed E-state index contributed by atoms with van der Waals surface area (Å²) < 4.78 is 17.3. The zero-order valence-electron chi connectivity index (χ0n) is 26.4. The first kappa shape index (κ1) is 32.3. The number of amides is 1. The second-order valence-corrected chi connectivity index (χ2v) is 12.2. The second-order valence-electron chi connectivity index (χ2n) is 11.8. The summed E-state index contributed by atoms with van der Waals surface area (Å²) >= 11 is 6.57. The maximum atomic E-state index is 13.1. The van der Waals surface area contributed by atoms with Crippen molar-refractivity contribution in [3.8, 4) is 17.6 Å². The zero-order chi connectivity index (χ0) is 32.8. The molecule has 10 nitrogen and oxygen atoms in total. The van der Waals surface area contributed by atoms with Crippen molar-refractivity contribution in [1.82, 2.24) is 14.9 Å². The average Bonchev–Trinajstić information content (AvgIpc) is 3.64. The van der Waals surface area contributed by atoms with Gasteiger partial charge in [0.05, 0.1) is 45.9 Å². The fourth-order valence-electron chi connectivity index (χ4n) is 6.45. The van der Waals surface area contributed by atoms with Gasteiger partial charge in [-0.05, 0) is 68.0 Å². The Morgan fingerprint density at radius 3 is 2.64 bits per heavy atom. The van der Waals surface area contributed by atoms with Crippen LogP contribution < -0.4 is 20.1 Å². The third-order valence-corrected chi connectivity index (χ3v) is 9.00. The summed E-state index contributed by atoms with van der Waals surface area (Å²) in [6.45, 7) is 5.34. The van der Waals surface area contributed by atoms with E-state index in [0.29, 0.717) is 81.1 Å². The van der Waals surface area contributed by atoms with Gasteiger partial charge < -0.3 is 24.8 Å². The molecule has 0 spiro atoms. The number of pyridine rings is 2. The van der Waals surface area contributed by atoms with E-state index in [0.717, 1.165) is 31.6 Å². The van der Waals surface area contributed by atoms with Gasteiger partial charge in [0.15, 0.2) is 0 Å². The molecule has 11 heteroatoms. The van der Waals surface area contributed by atoms with Gasteiger partial charge in [-0.25, -0.2) is 0 Å². The van der Waals surface area contributed by atoms with E-state index >= 15 is 0 Å². The number of anilines is 3. The minimum absolute atomic E-state index is 0.267. The maximum absolute atomic E-state index is 13.1. The molecule has 47 heavy (non-hydrogen) atoms. The van der Waals surface area contributed by atoms with Crippen LogP contribution >= 0.6 is 11.6 Å². The monoisotopic (exact) mass is 652 g/mol. The SMILES string of the molecule is CCOc1cc2ncc(C#N)c(Nc3ccc(OCc4ccccn4)c(Cl)c3)c2cc1NC(=O)/C=C/CN1C[C@H]2CC(OC)C[C@H]2C1. The first-order valence-electron chi connectivity index (χ1n) is 15.8. The van der Waals surface area contributed by atoms with Gasteiger partial charge in [-0.15, -0.1) is 0 Å². The third kappa shape index (κ3) is 7.66. The molecule has 1 saturated carbocycles. The van der Waals surface area contributed by atoms with Crippen molar-refractivity contribution in [3.63, 3.8) is 0 Å². The number of fused-ring (bicyclic) bond motifs is 2. The van der Waals surface area contributed by atoms with Gasteiger partial charge in [0.25, 0.3) is 0 Å². The van der Waals surface area contributed by atoms with Crippen LogP contribution in [0.2, 0.25) is 5.02 Å². The van der Waals surface area contributed by atoms with Crippen molar-refractivity contribution in [2.45, 2.75) is 32.5 Å². The van der Waals surface area contributed by atoms with Gasteiger partial charge in [-0.2, -0.15) is 5.26 Å². The maximum Gasteiger partial charge on any atom is 0.248 e. The van der Waals surface area contributed by atoms with E-state index in [1.807, 2.05) is 37.3 Å². The number of carbonyl (C=O) groups excluding carboxylic acids is 1. The van der Waals surface area contributed by atoms with Crippen LogP contribution in [0, 0.1) is 23.2 Å². The predicted octanol–water partition coefficient (Wildman–Crippen LogP) is 6.73. The highest BCUT2D eigenvalue weighted by Crippen LogP contribution is 2.40. The predicted molar refractivity (Wildman–Crippen MR) is 182 cm³/mol. The Bertz CT molecular complexity index is 1800. The minimum atomic E-state index is -0.267. The summed E-state index contributed by atoms with van der Waals surface area (Å²) in [5.74, 6) is 2.07. The Morgan fingerprint density at radius 2 is 1.94 bits per heavy atom. The van der Waals surface area contributed by atoms with Crippen LogP contribution in [0.1, 0.15) is 31.0 Å². The molecule has 3 atom stereocenters. The molecule has 2 N–H and O–H groups in total. The number of benzene rings is 2. The second kappa shape index (κ2) is 14.8. The standard InChI is InChI=1S/C36H37ClN6O4/c1-3-46-34-17-31-29(16-32(34)42-35(44)8-6-12-43-20-23-13-28(45-2)14-24(23)21-43)36(25(18-38)19-40-31)41-26-9-10-33(30(37)15-26)47-22-27-7-4-5-11-39-27/h4-11,15-17,19,23-24,28H,3,12-14,20-22H2,1-2H3,(H,40,41)(H,42,44)/b8-6+/t23-,24+,28?. The van der Waals surface area contributed by atoms with Crippen LogP contribution in [0.3, 0.4) is 0 Å². The Balaban J connectivity index is 1.18. The summed E-state index contributed by atoms with van der Waals surface area (Å²) in [7, 11) is 1.80. The van der Waals surface area contributed by atoms with Gasteiger partial charge in [0.2, 0.25) is 5.91 Å². The molecule has 1 aliphatic carbocycles. The molecule has 3 heterocycles. The first-order valence-corrected chi connectivity index (χ1v) is 16.1. The van der Waals surface area contributed by atoms with E-state index in [1.54, 1.807) is 43.6 Å². The fourth-order valence-corrected chi connectivity index (χ4v) is 6.69. The summed E-state index contributed by atoms with van der Waals surface area (Å²) in [6, 6.07) is 16.7. The van der Waals surface area contributed by atoms with Crippen molar-refractivity contribution in [2.24, 2.45) is 11.8 Å². The molecule has 1 amide bonds. The number of methoxy groups -OCH3 is 1. The number of likely N-dealkylation sites (tertiary alicyclic amines) is 1. The van der Waals surface area contributed by atoms with Crippen LogP contribution in [0.15, 0.2) is 73.1 Å². The lowest BCUT2D eigenvalue weighted by atomic mass is 10.0. The van der Waals surface area contributed by atoms with E-state index < -0.39 is 0 Å². The molecular weight excluding hydrogens is 616 g/mol. The van der Waals surface area contributed by atoms with Gasteiger partial charge >= 0.3 is 0 Å². The number of nitrogens with zero attached hydrogens (tertiary/aromatic N) is 4. The molecule has 1 aliphatic heterocycles. The number of hydrogen-bond acceptors (Lipinski definition) is 9. The molecule has 2 aromatic heterocycles. The highest BCUT2D eigenvalue weighted by atomic mass is 35.5. The Morgan fingerprint density at radius 1 is 1.11 bits per heavy atom. The summed E-state index contributed by atoms with van der Waals surface area (Å²) in [4.78, 5) is 24.2. The quantitative estimate of drug-likeness (QED) is 0.160. The molecular formula is C36H37ClN6O4. The number of halogens is 1. The summed E-state index contributed by atoms with van der Waals surface area (Å²) in [5.41, 5.74) is 3.37. The van der Waals surface area contributed by atoms with Crippen molar-refractivity contribution in [2.75, 3.05) is 44.0 Å². The van der Waals surface area contributed by atoms with E-state index in [4.69, 9.17) is 25.8 Å². The number of nitrogens with one attached hydrogen (secondary N) is 2. The average molecular weight is 653 g/mol. The van der Waals surface area contributed by atoms with Crippen molar-refractivity contribution < 1.29 is 19.0 Å². The van der Waals surface area contributed by atoms with E-state index in [9.17, 15) is 10.1 Å². The molecule has 0 bridgehead atoms. The van der Waals surface area contributed by atoms with Gasteiger partial charge in [0, 0.05) is 62.4 Å². The lowest BCUT2D eigenvalue weighted by Gasteiger charge is -2.17. The largest absolute Gasteiger partial charge is 0.492 e. The highest BCUT2D eigenvalue weighted by molar-refractivity contribution is 6.32. The molecule has 0 radical (unpaired) electrons. The normalized spacial score (nSPS) is 19.1. The van der Waals surface area contributed by atoms with E-state index in [1.165, 1.54) is 6.20 Å². The topological polar surface area (TPSA) is 122 Å². The molecule has 2 aromatic carbocycles. The lowest BCUT2D eigenvalue weighted by Crippen LogP contribution is -2.23. The number of nitriles is 1. The molecule has 242 valence electrons. The number of ether oxygens (including phenoxy) is 3. The third-order valence-electron chi connectivity index (χ3n) is 8.70. The Hall–Kier alpha value is -4.69. The molecule has 2 fully saturated rings. The van der Waals surface area contributed by atoms with Crippen LogP contribution in [0.25, 0.3) is 10.9 Å². The molecule has 6 rings (SSSR count). The zero-order valence-corrected chi connectivity index (χ0v) is 27.2. The molecule has 4 aromatic rings. The Kier molecular flexibility index (Phi) is 10.2. The van der Waals surface area contributed by atoms with Gasteiger partial charge in [-0.1, -0.05) is 23.7 Å². The highest BCUT2D eigenvalue weighted by Gasteiger charge is 2.40. The van der Waals surface area contributed by atoms with E-state index in [-0.39, 0.29) is 12.5 Å². The van der Waals surface area contributed by atoms with E-state index in [2.05, 4.69) is 31.6 Å². The van der Waals surface area contributed by atoms with Crippen molar-refractivity contribution in [3.05, 3.63) is 89.4 Å². The van der Waals surface area contributed by atoms with Crippen LogP contribution in [-0.4, -0.2) is 60.2 Å². The molecule has 1 saturated heterocycles. The van der Waals surface area contributed by atoms with Crippen molar-refractivity contribution in [1.29, 1.82) is 5.26 Å². The Labute approximate surface area is 279 Å². The number of carbonyl (C=O) groups is 1.